The number of hydrogen-bond acceptors (Lipinski definition) is 5. The first-order chi connectivity index (χ1) is 11.6. The van der Waals surface area contributed by atoms with Crippen LogP contribution < -0.4 is 0 Å². The zero-order chi connectivity index (χ0) is 16.7. The molecule has 0 bridgehead atoms. The third kappa shape index (κ3) is 2.63. The van der Waals surface area contributed by atoms with E-state index in [1.807, 2.05) is 37.3 Å². The van der Waals surface area contributed by atoms with Gasteiger partial charge in [0.05, 0.1) is 17.8 Å². The van der Waals surface area contributed by atoms with Gasteiger partial charge in [0.2, 0.25) is 11.8 Å². The van der Waals surface area contributed by atoms with Crippen LogP contribution in [0.4, 0.5) is 0 Å². The van der Waals surface area contributed by atoms with Crippen LogP contribution in [-0.4, -0.2) is 38.0 Å². The molecule has 0 saturated carbocycles. The Hall–Kier alpha value is -2.47. The van der Waals surface area contributed by atoms with E-state index in [2.05, 4.69) is 44.8 Å². The van der Waals surface area contributed by atoms with Crippen molar-refractivity contribution in [3.8, 4) is 11.5 Å². The van der Waals surface area contributed by atoms with Crippen LogP contribution in [0.1, 0.15) is 36.3 Å². The molecular formula is C18H21N5O. The number of likely N-dealkylation sites (tertiary alicyclic amines) is 1. The largest absolute Gasteiger partial charge is 0.419 e. The molecule has 1 aromatic carbocycles. The zero-order valence-electron chi connectivity index (χ0n) is 14.2. The molecule has 0 aliphatic carbocycles. The average Bonchev–Trinajstić information content (AvgIpc) is 3.14. The van der Waals surface area contributed by atoms with Crippen molar-refractivity contribution in [2.75, 3.05) is 13.1 Å². The fourth-order valence-corrected chi connectivity index (χ4v) is 3.23. The molecule has 1 fully saturated rings. The summed E-state index contributed by atoms with van der Waals surface area (Å²) in [5.74, 6) is 1.24. The number of hydrogen-bond donors (Lipinski definition) is 0. The Morgan fingerprint density at radius 1 is 1.12 bits per heavy atom. The average molecular weight is 323 g/mol. The Labute approximate surface area is 141 Å². The fraction of sp³-hybridized carbons (Fsp3) is 0.389. The summed E-state index contributed by atoms with van der Waals surface area (Å²) in [5.41, 5.74) is 3.24. The van der Waals surface area contributed by atoms with Gasteiger partial charge < -0.3 is 4.42 Å². The van der Waals surface area contributed by atoms with E-state index in [-0.39, 0.29) is 6.04 Å². The van der Waals surface area contributed by atoms with Gasteiger partial charge in [0.25, 0.3) is 0 Å². The topological polar surface area (TPSA) is 60.0 Å². The first-order valence-corrected chi connectivity index (χ1v) is 8.27. The molecule has 0 N–H and O–H groups in total. The zero-order valence-corrected chi connectivity index (χ0v) is 14.2. The Morgan fingerprint density at radius 2 is 1.88 bits per heavy atom. The minimum absolute atomic E-state index is 0.114. The monoisotopic (exact) mass is 323 g/mol. The van der Waals surface area contributed by atoms with Crippen molar-refractivity contribution < 1.29 is 4.42 Å². The van der Waals surface area contributed by atoms with Crippen LogP contribution in [0.5, 0.6) is 0 Å². The molecule has 124 valence electrons. The lowest BCUT2D eigenvalue weighted by atomic mass is 10.1. The van der Waals surface area contributed by atoms with Gasteiger partial charge in [-0.15, -0.1) is 10.2 Å². The van der Waals surface area contributed by atoms with E-state index in [1.165, 1.54) is 5.69 Å². The van der Waals surface area contributed by atoms with Crippen LogP contribution in [-0.2, 0) is 0 Å². The number of rotatable bonds is 4. The van der Waals surface area contributed by atoms with E-state index in [4.69, 9.17) is 4.42 Å². The maximum absolute atomic E-state index is 5.87. The molecule has 0 amide bonds. The highest BCUT2D eigenvalue weighted by Gasteiger charge is 2.35. The maximum Gasteiger partial charge on any atom is 0.247 e. The van der Waals surface area contributed by atoms with Crippen LogP contribution >= 0.6 is 0 Å². The van der Waals surface area contributed by atoms with Crippen LogP contribution in [0, 0.1) is 13.8 Å². The molecule has 0 spiro atoms. The quantitative estimate of drug-likeness (QED) is 0.738. The van der Waals surface area contributed by atoms with Crippen molar-refractivity contribution in [2.45, 2.75) is 32.9 Å². The van der Waals surface area contributed by atoms with Gasteiger partial charge in [-0.1, -0.05) is 18.2 Å². The second kappa shape index (κ2) is 5.87. The summed E-state index contributed by atoms with van der Waals surface area (Å²) >= 11 is 0. The Balaban J connectivity index is 1.44. The smallest absolute Gasteiger partial charge is 0.247 e. The highest BCUT2D eigenvalue weighted by Crippen LogP contribution is 2.32. The van der Waals surface area contributed by atoms with Gasteiger partial charge in [-0.2, -0.15) is 5.10 Å². The molecule has 0 radical (unpaired) electrons. The normalized spacial score (nSPS) is 17.0. The molecule has 24 heavy (non-hydrogen) atoms. The van der Waals surface area contributed by atoms with E-state index < -0.39 is 0 Å². The molecule has 1 aliphatic rings. The Bertz CT molecular complexity index is 832. The second-order valence-corrected chi connectivity index (χ2v) is 6.47. The van der Waals surface area contributed by atoms with E-state index in [0.29, 0.717) is 17.8 Å². The third-order valence-corrected chi connectivity index (χ3v) is 4.65. The summed E-state index contributed by atoms with van der Waals surface area (Å²) in [6.07, 6.45) is 0. The molecule has 1 saturated heterocycles. The SMILES string of the molecule is Cc1cc(C)n(C2CN(C(C)c3nnc(-c4ccccc4)o3)C2)n1. The molecule has 4 rings (SSSR count). The van der Waals surface area contributed by atoms with Crippen LogP contribution in [0.2, 0.25) is 0 Å². The minimum Gasteiger partial charge on any atom is -0.419 e. The van der Waals surface area contributed by atoms with Crippen molar-refractivity contribution in [2.24, 2.45) is 0 Å². The standard InChI is InChI=1S/C18H21N5O/c1-12-9-13(2)23(21-12)16-10-22(11-16)14(3)17-19-20-18(24-17)15-7-5-4-6-8-15/h4-9,14,16H,10-11H2,1-3H3. The summed E-state index contributed by atoms with van der Waals surface area (Å²) in [6.45, 7) is 8.15. The minimum atomic E-state index is 0.114. The molecule has 6 heteroatoms. The third-order valence-electron chi connectivity index (χ3n) is 4.65. The predicted octanol–water partition coefficient (Wildman–Crippen LogP) is 3.17. The van der Waals surface area contributed by atoms with Crippen molar-refractivity contribution in [1.29, 1.82) is 0 Å². The molecule has 3 aromatic rings. The van der Waals surface area contributed by atoms with E-state index in [0.717, 1.165) is 24.3 Å². The Kier molecular flexibility index (Phi) is 3.69. The summed E-state index contributed by atoms with van der Waals surface area (Å²) in [5, 5.41) is 13.0. The fourth-order valence-electron chi connectivity index (χ4n) is 3.23. The van der Waals surface area contributed by atoms with Gasteiger partial charge >= 0.3 is 0 Å². The van der Waals surface area contributed by atoms with Gasteiger partial charge in [0.1, 0.15) is 0 Å². The number of nitrogens with zero attached hydrogens (tertiary/aromatic N) is 5. The lowest BCUT2D eigenvalue weighted by Gasteiger charge is -2.42. The Morgan fingerprint density at radius 3 is 2.54 bits per heavy atom. The second-order valence-electron chi connectivity index (χ2n) is 6.47. The van der Waals surface area contributed by atoms with Crippen molar-refractivity contribution in [3.05, 3.63) is 53.7 Å². The molecule has 1 unspecified atom stereocenters. The summed E-state index contributed by atoms with van der Waals surface area (Å²) in [7, 11) is 0. The lowest BCUT2D eigenvalue weighted by molar-refractivity contribution is 0.0473. The first-order valence-electron chi connectivity index (χ1n) is 8.27. The van der Waals surface area contributed by atoms with Crippen LogP contribution in [0.25, 0.3) is 11.5 Å². The van der Waals surface area contributed by atoms with E-state index >= 15 is 0 Å². The predicted molar refractivity (Wildman–Crippen MR) is 90.5 cm³/mol. The number of aryl methyl sites for hydroxylation is 2. The molecular weight excluding hydrogens is 302 g/mol. The first kappa shape index (κ1) is 15.1. The van der Waals surface area contributed by atoms with Crippen LogP contribution in [0.15, 0.2) is 40.8 Å². The highest BCUT2D eigenvalue weighted by molar-refractivity contribution is 5.51. The van der Waals surface area contributed by atoms with Crippen molar-refractivity contribution in [1.82, 2.24) is 24.9 Å². The maximum atomic E-state index is 5.87. The molecule has 1 aliphatic heterocycles. The van der Waals surface area contributed by atoms with Gasteiger partial charge in [-0.25, -0.2) is 0 Å². The molecule has 3 heterocycles. The molecule has 1 atom stereocenters. The number of aromatic nitrogens is 4. The van der Waals surface area contributed by atoms with Gasteiger partial charge in [0.15, 0.2) is 0 Å². The summed E-state index contributed by atoms with van der Waals surface area (Å²) in [4.78, 5) is 2.34. The van der Waals surface area contributed by atoms with Crippen molar-refractivity contribution in [3.63, 3.8) is 0 Å². The van der Waals surface area contributed by atoms with Gasteiger partial charge in [0, 0.05) is 24.3 Å². The van der Waals surface area contributed by atoms with E-state index in [1.54, 1.807) is 0 Å². The summed E-state index contributed by atoms with van der Waals surface area (Å²) < 4.78 is 8.00. The van der Waals surface area contributed by atoms with Crippen molar-refractivity contribution >= 4 is 0 Å². The lowest BCUT2D eigenvalue weighted by Crippen LogP contribution is -2.49. The number of benzene rings is 1. The van der Waals surface area contributed by atoms with Gasteiger partial charge in [-0.05, 0) is 39.0 Å². The molecule has 6 nitrogen and oxygen atoms in total. The van der Waals surface area contributed by atoms with Gasteiger partial charge in [-0.3, -0.25) is 9.58 Å². The highest BCUT2D eigenvalue weighted by atomic mass is 16.4. The molecule has 2 aromatic heterocycles. The summed E-state index contributed by atoms with van der Waals surface area (Å²) in [6, 6.07) is 12.5. The van der Waals surface area contributed by atoms with Crippen LogP contribution in [0.3, 0.4) is 0 Å². The van der Waals surface area contributed by atoms with E-state index in [9.17, 15) is 0 Å².